The Morgan fingerprint density at radius 2 is 1.90 bits per heavy atom. The summed E-state index contributed by atoms with van der Waals surface area (Å²) in [4.78, 5) is 12.4. The second kappa shape index (κ2) is 5.22. The first-order chi connectivity index (χ1) is 10.1. The number of rotatable bonds is 4. The Bertz CT molecular complexity index is 676. The lowest BCUT2D eigenvalue weighted by Crippen LogP contribution is -2.08. The van der Waals surface area contributed by atoms with Crippen molar-refractivity contribution in [3.63, 3.8) is 0 Å². The lowest BCUT2D eigenvalue weighted by atomic mass is 10.0. The predicted molar refractivity (Wildman–Crippen MR) is 77.8 cm³/mol. The van der Waals surface area contributed by atoms with E-state index in [0.717, 1.165) is 16.9 Å². The number of benzene rings is 2. The van der Waals surface area contributed by atoms with E-state index >= 15 is 0 Å². The summed E-state index contributed by atoms with van der Waals surface area (Å²) in [6, 6.07) is 12.4. The second-order valence-electron chi connectivity index (χ2n) is 5.14. The summed E-state index contributed by atoms with van der Waals surface area (Å²) in [5.41, 5.74) is 2.18. The van der Waals surface area contributed by atoms with Gasteiger partial charge in [-0.2, -0.15) is 0 Å². The van der Waals surface area contributed by atoms with Gasteiger partial charge in [0.1, 0.15) is 17.6 Å². The molecule has 0 aliphatic carbocycles. The van der Waals surface area contributed by atoms with Crippen molar-refractivity contribution >= 4 is 5.78 Å². The number of phenolic OH excluding ortho intramolecular Hbond substituents is 1. The zero-order valence-electron chi connectivity index (χ0n) is 11.9. The Balaban J connectivity index is 1.77. The highest BCUT2D eigenvalue weighted by Crippen LogP contribution is 2.42. The molecule has 0 saturated carbocycles. The van der Waals surface area contributed by atoms with Gasteiger partial charge < -0.3 is 14.6 Å². The van der Waals surface area contributed by atoms with Gasteiger partial charge >= 0.3 is 0 Å². The Morgan fingerprint density at radius 1 is 1.19 bits per heavy atom. The van der Waals surface area contributed by atoms with Crippen molar-refractivity contribution in [2.75, 3.05) is 7.11 Å². The average molecular weight is 284 g/mol. The van der Waals surface area contributed by atoms with E-state index in [4.69, 9.17) is 9.47 Å². The maximum atomic E-state index is 12.4. The van der Waals surface area contributed by atoms with E-state index < -0.39 is 6.10 Å². The van der Waals surface area contributed by atoms with E-state index in [1.807, 2.05) is 31.2 Å². The molecule has 3 rings (SSSR count). The van der Waals surface area contributed by atoms with E-state index in [2.05, 4.69) is 0 Å². The number of hydrogen-bond donors (Lipinski definition) is 1. The molecule has 0 aromatic heterocycles. The van der Waals surface area contributed by atoms with Crippen LogP contribution in [-0.2, 0) is 4.74 Å². The van der Waals surface area contributed by atoms with Gasteiger partial charge in [-0.15, -0.1) is 0 Å². The number of aryl methyl sites for hydroxylation is 1. The molecule has 2 atom stereocenters. The van der Waals surface area contributed by atoms with E-state index in [1.165, 1.54) is 6.07 Å². The highest BCUT2D eigenvalue weighted by molar-refractivity contribution is 6.03. The maximum absolute atomic E-state index is 12.4. The molecule has 2 unspecified atom stereocenters. The van der Waals surface area contributed by atoms with Crippen molar-refractivity contribution < 1.29 is 19.4 Å². The number of aromatic hydroxyl groups is 1. The van der Waals surface area contributed by atoms with Gasteiger partial charge in [0, 0.05) is 0 Å². The molecule has 21 heavy (non-hydrogen) atoms. The summed E-state index contributed by atoms with van der Waals surface area (Å²) in [5, 5.41) is 9.81. The Labute approximate surface area is 122 Å². The number of carbonyl (C=O) groups is 1. The summed E-state index contributed by atoms with van der Waals surface area (Å²) in [5.74, 6) is 0.574. The standard InChI is InChI=1S/C17H16O4/c1-10-3-8-14(18)13(9-10)15(19)17-16(21-17)11-4-6-12(20-2)7-5-11/h3-9,16-18H,1-2H3. The van der Waals surface area contributed by atoms with Crippen LogP contribution in [0.4, 0.5) is 0 Å². The minimum atomic E-state index is -0.522. The average Bonchev–Trinajstić information content (AvgIpc) is 3.29. The molecule has 1 saturated heterocycles. The topological polar surface area (TPSA) is 59.1 Å². The highest BCUT2D eigenvalue weighted by Gasteiger charge is 2.46. The summed E-state index contributed by atoms with van der Waals surface area (Å²) >= 11 is 0. The molecule has 1 N–H and O–H groups in total. The van der Waals surface area contributed by atoms with E-state index in [1.54, 1.807) is 19.2 Å². The Morgan fingerprint density at radius 3 is 2.57 bits per heavy atom. The lowest BCUT2D eigenvalue weighted by molar-refractivity contribution is 0.0951. The molecular weight excluding hydrogens is 268 g/mol. The largest absolute Gasteiger partial charge is 0.507 e. The zero-order chi connectivity index (χ0) is 15.0. The summed E-state index contributed by atoms with van der Waals surface area (Å²) in [6.07, 6.45) is -0.769. The number of ketones is 1. The van der Waals surface area contributed by atoms with Gasteiger partial charge in [0.05, 0.1) is 12.7 Å². The molecule has 0 amide bonds. The van der Waals surface area contributed by atoms with E-state index in [9.17, 15) is 9.90 Å². The van der Waals surface area contributed by atoms with Crippen LogP contribution in [0.25, 0.3) is 0 Å². The van der Waals surface area contributed by atoms with E-state index in [-0.39, 0.29) is 17.6 Å². The van der Waals surface area contributed by atoms with Crippen LogP contribution >= 0.6 is 0 Å². The SMILES string of the molecule is COc1ccc(C2OC2C(=O)c2cc(C)ccc2O)cc1. The molecule has 1 fully saturated rings. The number of ether oxygens (including phenoxy) is 2. The van der Waals surface area contributed by atoms with Gasteiger partial charge in [-0.25, -0.2) is 0 Å². The molecule has 0 radical (unpaired) electrons. The fourth-order valence-corrected chi connectivity index (χ4v) is 2.36. The molecule has 0 bridgehead atoms. The summed E-state index contributed by atoms with van der Waals surface area (Å²) in [7, 11) is 1.61. The third-order valence-corrected chi connectivity index (χ3v) is 3.61. The first-order valence-corrected chi connectivity index (χ1v) is 6.73. The Hall–Kier alpha value is -2.33. The minimum absolute atomic E-state index is 0.00502. The summed E-state index contributed by atoms with van der Waals surface area (Å²) < 4.78 is 10.6. The van der Waals surface area contributed by atoms with Gasteiger partial charge in [0.15, 0.2) is 11.9 Å². The molecule has 0 spiro atoms. The van der Waals surface area contributed by atoms with Gasteiger partial charge in [0.25, 0.3) is 0 Å². The molecule has 1 aliphatic heterocycles. The Kier molecular flexibility index (Phi) is 3.39. The molecule has 108 valence electrons. The highest BCUT2D eigenvalue weighted by atomic mass is 16.6. The van der Waals surface area contributed by atoms with Crippen LogP contribution in [0.5, 0.6) is 11.5 Å². The van der Waals surface area contributed by atoms with Crippen LogP contribution in [0.1, 0.15) is 27.6 Å². The van der Waals surface area contributed by atoms with Gasteiger partial charge in [0.2, 0.25) is 0 Å². The van der Waals surface area contributed by atoms with Crippen LogP contribution in [0, 0.1) is 6.92 Å². The van der Waals surface area contributed by atoms with Crippen molar-refractivity contribution in [2.45, 2.75) is 19.1 Å². The number of Topliss-reactive ketones (excluding diaryl/α,β-unsaturated/α-hetero) is 1. The third kappa shape index (κ3) is 2.62. The number of hydrogen-bond acceptors (Lipinski definition) is 4. The van der Waals surface area contributed by atoms with Gasteiger partial charge in [-0.3, -0.25) is 4.79 Å². The van der Waals surface area contributed by atoms with Crippen molar-refractivity contribution in [3.05, 3.63) is 59.2 Å². The van der Waals surface area contributed by atoms with Crippen molar-refractivity contribution in [1.29, 1.82) is 0 Å². The van der Waals surface area contributed by atoms with Crippen LogP contribution in [-0.4, -0.2) is 24.1 Å². The predicted octanol–water partition coefficient (Wildman–Crippen LogP) is 3.03. The molecule has 2 aromatic carbocycles. The van der Waals surface area contributed by atoms with Crippen LogP contribution in [0.2, 0.25) is 0 Å². The number of methoxy groups -OCH3 is 1. The quantitative estimate of drug-likeness (QED) is 0.692. The van der Waals surface area contributed by atoms with Crippen molar-refractivity contribution in [1.82, 2.24) is 0 Å². The smallest absolute Gasteiger partial charge is 0.198 e. The molecule has 1 heterocycles. The molecule has 1 aliphatic rings. The van der Waals surface area contributed by atoms with Crippen LogP contribution < -0.4 is 4.74 Å². The van der Waals surface area contributed by atoms with Gasteiger partial charge in [-0.05, 0) is 36.8 Å². The monoisotopic (exact) mass is 284 g/mol. The maximum Gasteiger partial charge on any atom is 0.198 e. The molecule has 2 aromatic rings. The first kappa shape index (κ1) is 13.6. The van der Waals surface area contributed by atoms with Crippen molar-refractivity contribution in [2.24, 2.45) is 0 Å². The van der Waals surface area contributed by atoms with Crippen LogP contribution in [0.3, 0.4) is 0 Å². The van der Waals surface area contributed by atoms with Gasteiger partial charge in [-0.1, -0.05) is 23.8 Å². The molecule has 4 heteroatoms. The van der Waals surface area contributed by atoms with Crippen molar-refractivity contribution in [3.8, 4) is 11.5 Å². The summed E-state index contributed by atoms with van der Waals surface area (Å²) in [6.45, 7) is 1.88. The first-order valence-electron chi connectivity index (χ1n) is 6.73. The number of carbonyl (C=O) groups excluding carboxylic acids is 1. The van der Waals surface area contributed by atoms with Crippen LogP contribution in [0.15, 0.2) is 42.5 Å². The fraction of sp³-hybridized carbons (Fsp3) is 0.235. The second-order valence-corrected chi connectivity index (χ2v) is 5.14. The molecule has 4 nitrogen and oxygen atoms in total. The zero-order valence-corrected chi connectivity index (χ0v) is 11.9. The third-order valence-electron chi connectivity index (χ3n) is 3.61. The fourth-order valence-electron chi connectivity index (χ4n) is 2.36. The lowest BCUT2D eigenvalue weighted by Gasteiger charge is -2.03. The van der Waals surface area contributed by atoms with E-state index in [0.29, 0.717) is 5.56 Å². The minimum Gasteiger partial charge on any atom is -0.507 e. The molecular formula is C17H16O4. The normalized spacial score (nSPS) is 20.1. The number of phenols is 1. The number of epoxide rings is 1.